The van der Waals surface area contributed by atoms with Crippen molar-refractivity contribution < 1.29 is 9.53 Å². The summed E-state index contributed by atoms with van der Waals surface area (Å²) in [6, 6.07) is 6.61. The molecule has 1 aromatic heterocycles. The Morgan fingerprint density at radius 2 is 2.12 bits per heavy atom. The van der Waals surface area contributed by atoms with E-state index in [9.17, 15) is 4.79 Å². The van der Waals surface area contributed by atoms with Crippen molar-refractivity contribution in [2.24, 2.45) is 0 Å². The molecule has 1 aliphatic heterocycles. The molecule has 0 bridgehead atoms. The molecule has 134 valence electrons. The average Bonchev–Trinajstić information content (AvgIpc) is 2.96. The number of amides is 1. The summed E-state index contributed by atoms with van der Waals surface area (Å²) in [4.78, 5) is 17.3. The molecule has 4 heteroatoms. The van der Waals surface area contributed by atoms with E-state index in [0.717, 1.165) is 19.3 Å². The number of ether oxygens (including phenoxy) is 1. The normalized spacial score (nSPS) is 15.4. The number of carbonyl (C=O) groups excluding carboxylic acids is 1. The van der Waals surface area contributed by atoms with Crippen LogP contribution in [0.3, 0.4) is 0 Å². The molecule has 25 heavy (non-hydrogen) atoms. The van der Waals surface area contributed by atoms with Gasteiger partial charge in [-0.3, -0.25) is 0 Å². The minimum absolute atomic E-state index is 0.228. The van der Waals surface area contributed by atoms with Crippen molar-refractivity contribution in [2.75, 3.05) is 13.1 Å². The number of fused-ring (bicyclic) bond motifs is 1. The van der Waals surface area contributed by atoms with Gasteiger partial charge < -0.3 is 14.6 Å². The highest BCUT2D eigenvalue weighted by molar-refractivity contribution is 5.87. The van der Waals surface area contributed by atoms with Gasteiger partial charge in [0.05, 0.1) is 0 Å². The number of hydrogen-bond donors (Lipinski definition) is 1. The zero-order valence-corrected chi connectivity index (χ0v) is 15.7. The van der Waals surface area contributed by atoms with Crippen LogP contribution in [0, 0.1) is 0 Å². The number of aryl methyl sites for hydroxylation is 1. The largest absolute Gasteiger partial charge is 0.444 e. The molecule has 0 aliphatic carbocycles. The standard InChI is InChI=1S/C21H28N2O2/c1-5-6-17-14-22-19-8-7-16(13-18(17)19)15-9-11-23(12-10-15)20(24)25-21(2,3)4/h7-9,13-14,22H,5-6,10-12H2,1-4H3. The van der Waals surface area contributed by atoms with Crippen molar-refractivity contribution in [1.29, 1.82) is 0 Å². The molecule has 0 saturated carbocycles. The summed E-state index contributed by atoms with van der Waals surface area (Å²) in [6.45, 7) is 9.21. The van der Waals surface area contributed by atoms with Gasteiger partial charge in [-0.1, -0.05) is 25.5 Å². The number of benzene rings is 1. The number of hydrogen-bond acceptors (Lipinski definition) is 2. The van der Waals surface area contributed by atoms with Gasteiger partial charge in [-0.25, -0.2) is 4.79 Å². The lowest BCUT2D eigenvalue weighted by Gasteiger charge is -2.29. The first-order valence-electron chi connectivity index (χ1n) is 9.14. The third-order valence-corrected chi connectivity index (χ3v) is 4.52. The van der Waals surface area contributed by atoms with E-state index in [1.54, 1.807) is 4.90 Å². The van der Waals surface area contributed by atoms with Crippen molar-refractivity contribution in [3.63, 3.8) is 0 Å². The molecule has 1 aromatic carbocycles. The zero-order chi connectivity index (χ0) is 18.0. The fourth-order valence-electron chi connectivity index (χ4n) is 3.28. The number of nitrogens with zero attached hydrogens (tertiary/aromatic N) is 1. The van der Waals surface area contributed by atoms with Crippen molar-refractivity contribution >= 4 is 22.6 Å². The van der Waals surface area contributed by atoms with Crippen LogP contribution in [0.4, 0.5) is 4.79 Å². The van der Waals surface area contributed by atoms with Crippen LogP contribution in [-0.2, 0) is 11.2 Å². The number of nitrogens with one attached hydrogen (secondary N) is 1. The fraction of sp³-hybridized carbons (Fsp3) is 0.476. The van der Waals surface area contributed by atoms with E-state index in [1.807, 2.05) is 20.8 Å². The molecule has 1 N–H and O–H groups in total. The molecule has 0 atom stereocenters. The van der Waals surface area contributed by atoms with Crippen LogP contribution in [0.5, 0.6) is 0 Å². The van der Waals surface area contributed by atoms with Crippen LogP contribution in [0.1, 0.15) is 51.7 Å². The SMILES string of the molecule is CCCc1c[nH]c2ccc(C3=CCN(C(=O)OC(C)(C)C)CC3)cc12. The summed E-state index contributed by atoms with van der Waals surface area (Å²) in [5.41, 5.74) is 4.69. The molecule has 0 saturated heterocycles. The van der Waals surface area contributed by atoms with Crippen LogP contribution in [-0.4, -0.2) is 34.7 Å². The summed E-state index contributed by atoms with van der Waals surface area (Å²) in [5, 5.41) is 1.31. The van der Waals surface area contributed by atoms with E-state index < -0.39 is 5.60 Å². The van der Waals surface area contributed by atoms with E-state index in [1.165, 1.54) is 27.6 Å². The Bertz CT molecular complexity index is 796. The van der Waals surface area contributed by atoms with Crippen molar-refractivity contribution in [3.8, 4) is 0 Å². The molecule has 2 heterocycles. The molecular weight excluding hydrogens is 312 g/mol. The smallest absolute Gasteiger partial charge is 0.410 e. The van der Waals surface area contributed by atoms with Crippen LogP contribution >= 0.6 is 0 Å². The van der Waals surface area contributed by atoms with Crippen molar-refractivity contribution in [1.82, 2.24) is 9.88 Å². The number of aromatic amines is 1. The minimum atomic E-state index is -0.448. The Balaban J connectivity index is 1.76. The second kappa shape index (κ2) is 6.95. The molecular formula is C21H28N2O2. The highest BCUT2D eigenvalue weighted by Gasteiger charge is 2.24. The Morgan fingerprint density at radius 1 is 1.32 bits per heavy atom. The van der Waals surface area contributed by atoms with E-state index in [0.29, 0.717) is 13.1 Å². The molecule has 0 unspecified atom stereocenters. The molecule has 4 nitrogen and oxygen atoms in total. The first-order valence-corrected chi connectivity index (χ1v) is 9.14. The highest BCUT2D eigenvalue weighted by Crippen LogP contribution is 2.28. The van der Waals surface area contributed by atoms with Crippen molar-refractivity contribution in [3.05, 3.63) is 41.6 Å². The number of H-pyrrole nitrogens is 1. The minimum Gasteiger partial charge on any atom is -0.444 e. The van der Waals surface area contributed by atoms with Gasteiger partial charge in [-0.15, -0.1) is 0 Å². The van der Waals surface area contributed by atoms with Gasteiger partial charge in [-0.05, 0) is 62.4 Å². The molecule has 3 rings (SSSR count). The van der Waals surface area contributed by atoms with Gasteiger partial charge in [0.2, 0.25) is 0 Å². The molecule has 0 radical (unpaired) electrons. The Morgan fingerprint density at radius 3 is 2.76 bits per heavy atom. The topological polar surface area (TPSA) is 45.3 Å². The maximum absolute atomic E-state index is 12.2. The van der Waals surface area contributed by atoms with Crippen LogP contribution in [0.2, 0.25) is 0 Å². The quantitative estimate of drug-likeness (QED) is 0.840. The zero-order valence-electron chi connectivity index (χ0n) is 15.7. The van der Waals surface area contributed by atoms with Crippen molar-refractivity contribution in [2.45, 2.75) is 52.6 Å². The Labute approximate surface area is 149 Å². The summed E-state index contributed by atoms with van der Waals surface area (Å²) in [7, 11) is 0. The lowest BCUT2D eigenvalue weighted by molar-refractivity contribution is 0.0270. The van der Waals surface area contributed by atoms with Gasteiger partial charge in [-0.2, -0.15) is 0 Å². The molecule has 1 aliphatic rings. The first kappa shape index (κ1) is 17.6. The predicted molar refractivity (Wildman–Crippen MR) is 103 cm³/mol. The maximum atomic E-state index is 12.2. The van der Waals surface area contributed by atoms with Crippen LogP contribution in [0.15, 0.2) is 30.5 Å². The first-order chi connectivity index (χ1) is 11.9. The van der Waals surface area contributed by atoms with Gasteiger partial charge in [0.25, 0.3) is 0 Å². The third kappa shape index (κ3) is 4.06. The number of rotatable bonds is 3. The van der Waals surface area contributed by atoms with E-state index in [2.05, 4.69) is 42.4 Å². The Hall–Kier alpha value is -2.23. The van der Waals surface area contributed by atoms with Gasteiger partial charge in [0.15, 0.2) is 0 Å². The van der Waals surface area contributed by atoms with Gasteiger partial charge in [0.1, 0.15) is 5.60 Å². The fourth-order valence-corrected chi connectivity index (χ4v) is 3.28. The third-order valence-electron chi connectivity index (χ3n) is 4.52. The second-order valence-corrected chi connectivity index (χ2v) is 7.73. The second-order valence-electron chi connectivity index (χ2n) is 7.73. The van der Waals surface area contributed by atoms with Crippen LogP contribution < -0.4 is 0 Å². The lowest BCUT2D eigenvalue weighted by atomic mass is 9.97. The highest BCUT2D eigenvalue weighted by atomic mass is 16.6. The average molecular weight is 340 g/mol. The molecule has 0 fully saturated rings. The van der Waals surface area contributed by atoms with Crippen LogP contribution in [0.25, 0.3) is 16.5 Å². The lowest BCUT2D eigenvalue weighted by Crippen LogP contribution is -2.39. The Kier molecular flexibility index (Phi) is 4.89. The molecule has 0 spiro atoms. The van der Waals surface area contributed by atoms with Gasteiger partial charge in [0, 0.05) is 30.2 Å². The molecule has 2 aromatic rings. The summed E-state index contributed by atoms with van der Waals surface area (Å²) in [6.07, 6.45) is 7.14. The number of aromatic nitrogens is 1. The monoisotopic (exact) mass is 340 g/mol. The summed E-state index contributed by atoms with van der Waals surface area (Å²) in [5.74, 6) is 0. The predicted octanol–water partition coefficient (Wildman–Crippen LogP) is 5.14. The number of carbonyl (C=O) groups is 1. The van der Waals surface area contributed by atoms with Gasteiger partial charge >= 0.3 is 6.09 Å². The van der Waals surface area contributed by atoms with E-state index >= 15 is 0 Å². The molecule has 1 amide bonds. The summed E-state index contributed by atoms with van der Waals surface area (Å²) >= 11 is 0. The summed E-state index contributed by atoms with van der Waals surface area (Å²) < 4.78 is 5.46. The van der Waals surface area contributed by atoms with E-state index in [-0.39, 0.29) is 6.09 Å². The maximum Gasteiger partial charge on any atom is 0.410 e. The van der Waals surface area contributed by atoms with E-state index in [4.69, 9.17) is 4.74 Å².